The van der Waals surface area contributed by atoms with Crippen molar-refractivity contribution in [3.05, 3.63) is 34.6 Å². The summed E-state index contributed by atoms with van der Waals surface area (Å²) in [4.78, 5) is 2.36. The predicted molar refractivity (Wildman–Crippen MR) is 87.2 cm³/mol. The molecule has 0 aromatic heterocycles. The molecule has 1 saturated carbocycles. The van der Waals surface area contributed by atoms with Gasteiger partial charge in [0.1, 0.15) is 5.82 Å². The molecule has 1 aromatic carbocycles. The first-order valence-corrected chi connectivity index (χ1v) is 8.12. The van der Waals surface area contributed by atoms with Crippen molar-refractivity contribution in [2.75, 3.05) is 20.6 Å². The molecule has 0 amide bonds. The summed E-state index contributed by atoms with van der Waals surface area (Å²) in [7, 11) is 4.33. The Morgan fingerprint density at radius 2 is 2.14 bits per heavy atom. The largest absolute Gasteiger partial charge is 0.311 e. The van der Waals surface area contributed by atoms with Crippen LogP contribution in [0.15, 0.2) is 18.2 Å². The summed E-state index contributed by atoms with van der Waals surface area (Å²) >= 11 is 5.90. The molecule has 2 nitrogen and oxygen atoms in total. The van der Waals surface area contributed by atoms with E-state index in [1.165, 1.54) is 31.7 Å². The highest BCUT2D eigenvalue weighted by molar-refractivity contribution is 6.30. The van der Waals surface area contributed by atoms with Gasteiger partial charge in [0.15, 0.2) is 0 Å². The monoisotopic (exact) mass is 312 g/mol. The van der Waals surface area contributed by atoms with Gasteiger partial charge >= 0.3 is 0 Å². The van der Waals surface area contributed by atoms with E-state index in [4.69, 9.17) is 11.6 Å². The van der Waals surface area contributed by atoms with Gasteiger partial charge in [-0.1, -0.05) is 31.4 Å². The van der Waals surface area contributed by atoms with Crippen LogP contribution in [0.25, 0.3) is 0 Å². The smallest absolute Gasteiger partial charge is 0.125 e. The van der Waals surface area contributed by atoms with E-state index >= 15 is 0 Å². The normalized spacial score (nSPS) is 26.3. The average Bonchev–Trinajstić information content (AvgIpc) is 2.37. The van der Waals surface area contributed by atoms with Gasteiger partial charge in [0, 0.05) is 23.7 Å². The fourth-order valence-electron chi connectivity index (χ4n) is 3.51. The zero-order valence-corrected chi connectivity index (χ0v) is 14.0. The third-order valence-corrected chi connectivity index (χ3v) is 4.94. The van der Waals surface area contributed by atoms with E-state index in [9.17, 15) is 4.39 Å². The van der Waals surface area contributed by atoms with Crippen LogP contribution >= 0.6 is 11.6 Å². The van der Waals surface area contributed by atoms with E-state index in [0.717, 1.165) is 18.0 Å². The maximum atomic E-state index is 13.3. The molecule has 0 radical (unpaired) electrons. The Balaban J connectivity index is 1.96. The van der Waals surface area contributed by atoms with Gasteiger partial charge in [-0.25, -0.2) is 4.39 Å². The summed E-state index contributed by atoms with van der Waals surface area (Å²) < 4.78 is 13.3. The van der Waals surface area contributed by atoms with Crippen LogP contribution in [0.4, 0.5) is 4.39 Å². The SMILES string of the molecule is CC1CCCC(CNCc2cc(F)cc(Cl)c2)(N(C)C)C1. The van der Waals surface area contributed by atoms with Gasteiger partial charge in [0.2, 0.25) is 0 Å². The standard InChI is InChI=1S/C17H26ClFN2/c1-13-5-4-6-17(10-13,21(2)3)12-20-11-14-7-15(18)9-16(19)8-14/h7-9,13,20H,4-6,10-12H2,1-3H3. The van der Waals surface area contributed by atoms with E-state index in [0.29, 0.717) is 11.6 Å². The molecule has 21 heavy (non-hydrogen) atoms. The molecule has 0 saturated heterocycles. The topological polar surface area (TPSA) is 15.3 Å². The lowest BCUT2D eigenvalue weighted by atomic mass is 9.75. The quantitative estimate of drug-likeness (QED) is 0.881. The van der Waals surface area contributed by atoms with Gasteiger partial charge in [-0.2, -0.15) is 0 Å². The van der Waals surface area contributed by atoms with Gasteiger partial charge in [-0.15, -0.1) is 0 Å². The second-order valence-electron chi connectivity index (χ2n) is 6.70. The molecule has 2 atom stereocenters. The van der Waals surface area contributed by atoms with Crippen LogP contribution in [0.5, 0.6) is 0 Å². The van der Waals surface area contributed by atoms with Gasteiger partial charge in [-0.05, 0) is 56.6 Å². The molecule has 0 heterocycles. The summed E-state index contributed by atoms with van der Waals surface area (Å²) in [6.45, 7) is 3.92. The van der Waals surface area contributed by atoms with Crippen molar-refractivity contribution in [1.82, 2.24) is 10.2 Å². The van der Waals surface area contributed by atoms with Crippen molar-refractivity contribution < 1.29 is 4.39 Å². The first-order chi connectivity index (χ1) is 9.91. The second-order valence-corrected chi connectivity index (χ2v) is 7.14. The zero-order chi connectivity index (χ0) is 15.5. The number of benzene rings is 1. The molecule has 4 heteroatoms. The van der Waals surface area contributed by atoms with Crippen LogP contribution in [0.2, 0.25) is 5.02 Å². The molecule has 0 aliphatic heterocycles. The van der Waals surface area contributed by atoms with Crippen molar-refractivity contribution in [1.29, 1.82) is 0 Å². The Kier molecular flexibility index (Phi) is 5.64. The minimum Gasteiger partial charge on any atom is -0.311 e. The molecule has 0 spiro atoms. The lowest BCUT2D eigenvalue weighted by Crippen LogP contribution is -2.54. The van der Waals surface area contributed by atoms with Crippen molar-refractivity contribution in [3.8, 4) is 0 Å². The lowest BCUT2D eigenvalue weighted by Gasteiger charge is -2.45. The van der Waals surface area contributed by atoms with E-state index in [1.54, 1.807) is 6.07 Å². The van der Waals surface area contributed by atoms with Crippen molar-refractivity contribution in [3.63, 3.8) is 0 Å². The van der Waals surface area contributed by atoms with E-state index < -0.39 is 0 Å². The molecule has 2 unspecified atom stereocenters. The fraction of sp³-hybridized carbons (Fsp3) is 0.647. The van der Waals surface area contributed by atoms with Crippen LogP contribution < -0.4 is 5.32 Å². The minimum atomic E-state index is -0.270. The number of hydrogen-bond donors (Lipinski definition) is 1. The molecular weight excluding hydrogens is 287 g/mol. The predicted octanol–water partition coefficient (Wildman–Crippen LogP) is 4.08. The molecule has 1 N–H and O–H groups in total. The van der Waals surface area contributed by atoms with Crippen molar-refractivity contribution >= 4 is 11.6 Å². The third-order valence-electron chi connectivity index (χ3n) is 4.72. The van der Waals surface area contributed by atoms with Crippen LogP contribution in [-0.4, -0.2) is 31.1 Å². The Hall–Kier alpha value is -0.640. The summed E-state index contributed by atoms with van der Waals surface area (Å²) in [6.07, 6.45) is 5.06. The van der Waals surface area contributed by atoms with Crippen molar-refractivity contribution in [2.45, 2.75) is 44.7 Å². The van der Waals surface area contributed by atoms with Crippen LogP contribution in [0, 0.1) is 11.7 Å². The number of hydrogen-bond acceptors (Lipinski definition) is 2. The highest BCUT2D eigenvalue weighted by atomic mass is 35.5. The molecule has 1 fully saturated rings. The number of likely N-dealkylation sites (N-methyl/N-ethyl adjacent to an activating group) is 1. The Bertz CT molecular complexity index is 458. The minimum absolute atomic E-state index is 0.217. The van der Waals surface area contributed by atoms with Gasteiger partial charge in [0.05, 0.1) is 0 Å². The Labute approximate surface area is 132 Å². The number of halogens is 2. The summed E-state index contributed by atoms with van der Waals surface area (Å²) in [5.41, 5.74) is 1.12. The summed E-state index contributed by atoms with van der Waals surface area (Å²) in [5.74, 6) is 0.500. The number of rotatable bonds is 5. The molecule has 1 aliphatic rings. The number of nitrogens with zero attached hydrogens (tertiary/aromatic N) is 1. The number of nitrogens with one attached hydrogen (secondary N) is 1. The molecule has 118 valence electrons. The van der Waals surface area contributed by atoms with Crippen LogP contribution in [-0.2, 0) is 6.54 Å². The van der Waals surface area contributed by atoms with Gasteiger partial charge < -0.3 is 10.2 Å². The summed E-state index contributed by atoms with van der Waals surface area (Å²) in [6, 6.07) is 4.71. The zero-order valence-electron chi connectivity index (χ0n) is 13.3. The molecule has 2 rings (SSSR count). The molecule has 0 bridgehead atoms. The second kappa shape index (κ2) is 7.08. The first kappa shape index (κ1) is 16.7. The average molecular weight is 313 g/mol. The van der Waals surface area contributed by atoms with Crippen LogP contribution in [0.3, 0.4) is 0 Å². The van der Waals surface area contributed by atoms with Gasteiger partial charge in [0.25, 0.3) is 0 Å². The lowest BCUT2D eigenvalue weighted by molar-refractivity contribution is 0.0749. The van der Waals surface area contributed by atoms with E-state index in [-0.39, 0.29) is 11.4 Å². The Morgan fingerprint density at radius 1 is 1.38 bits per heavy atom. The molecule has 1 aliphatic carbocycles. The summed E-state index contributed by atoms with van der Waals surface area (Å²) in [5, 5.41) is 3.96. The fourth-order valence-corrected chi connectivity index (χ4v) is 3.75. The Morgan fingerprint density at radius 3 is 2.76 bits per heavy atom. The third kappa shape index (κ3) is 4.41. The van der Waals surface area contributed by atoms with Crippen LogP contribution in [0.1, 0.15) is 38.2 Å². The molecule has 1 aromatic rings. The van der Waals surface area contributed by atoms with E-state index in [2.05, 4.69) is 31.2 Å². The molecular formula is C17H26ClFN2. The maximum absolute atomic E-state index is 13.3. The maximum Gasteiger partial charge on any atom is 0.125 e. The highest BCUT2D eigenvalue weighted by Gasteiger charge is 2.36. The van der Waals surface area contributed by atoms with Crippen molar-refractivity contribution in [2.24, 2.45) is 5.92 Å². The van der Waals surface area contributed by atoms with Gasteiger partial charge in [-0.3, -0.25) is 0 Å². The first-order valence-electron chi connectivity index (χ1n) is 7.74. The highest BCUT2D eigenvalue weighted by Crippen LogP contribution is 2.35. The van der Waals surface area contributed by atoms with E-state index in [1.807, 2.05) is 6.07 Å².